The molecule has 2 aromatic rings. The lowest BCUT2D eigenvalue weighted by atomic mass is 9.85. The van der Waals surface area contributed by atoms with Crippen LogP contribution in [0.1, 0.15) is 32.1 Å². The van der Waals surface area contributed by atoms with Crippen LogP contribution in [0.15, 0.2) is 30.9 Å². The Morgan fingerprint density at radius 1 is 1.25 bits per heavy atom. The van der Waals surface area contributed by atoms with Gasteiger partial charge in [0.25, 0.3) is 0 Å². The van der Waals surface area contributed by atoms with Gasteiger partial charge in [0.1, 0.15) is 0 Å². The Balaban J connectivity index is 0.00000169. The minimum Gasteiger partial charge on any atom is -0.322 e. The zero-order chi connectivity index (χ0) is 15.6. The molecule has 2 fully saturated rings. The average molecular weight is 349 g/mol. The molecule has 2 aromatic heterocycles. The molecule has 3 atom stereocenters. The van der Waals surface area contributed by atoms with Gasteiger partial charge in [0, 0.05) is 18.4 Å². The van der Waals surface area contributed by atoms with Crippen molar-refractivity contribution in [1.29, 1.82) is 0 Å². The highest BCUT2D eigenvalue weighted by Crippen LogP contribution is 2.33. The third kappa shape index (κ3) is 3.42. The summed E-state index contributed by atoms with van der Waals surface area (Å²) in [6.07, 6.45) is 12.6. The van der Waals surface area contributed by atoms with Crippen molar-refractivity contribution in [2.75, 3.05) is 5.32 Å². The Hall–Kier alpha value is -1.99. The maximum Gasteiger partial charge on any atom is 0.250 e. The Morgan fingerprint density at radius 2 is 2.04 bits per heavy atom. The summed E-state index contributed by atoms with van der Waals surface area (Å²) in [6, 6.07) is 2.17. The van der Waals surface area contributed by atoms with Gasteiger partial charge in [-0.3, -0.25) is 4.79 Å². The maximum atomic E-state index is 12.5. The van der Waals surface area contributed by atoms with E-state index in [1.54, 1.807) is 35.5 Å². The van der Waals surface area contributed by atoms with E-state index in [0.29, 0.717) is 23.6 Å². The third-order valence-corrected chi connectivity index (χ3v) is 4.79. The first-order valence-electron chi connectivity index (χ1n) is 8.18. The molecule has 128 valence electrons. The number of carbonyl (C=O) groups excluding carboxylic acids is 1. The van der Waals surface area contributed by atoms with Crippen LogP contribution in [-0.4, -0.2) is 37.7 Å². The fourth-order valence-corrected chi connectivity index (χ4v) is 3.66. The van der Waals surface area contributed by atoms with Crippen molar-refractivity contribution in [2.24, 2.45) is 5.92 Å². The number of fused-ring (bicyclic) bond motifs is 1. The molecule has 1 aliphatic carbocycles. The Kier molecular flexibility index (Phi) is 5.11. The second kappa shape index (κ2) is 7.27. The van der Waals surface area contributed by atoms with Gasteiger partial charge in [0.15, 0.2) is 0 Å². The number of aromatic nitrogens is 4. The quantitative estimate of drug-likeness (QED) is 0.885. The van der Waals surface area contributed by atoms with E-state index in [9.17, 15) is 4.79 Å². The molecule has 2 aliphatic rings. The third-order valence-electron chi connectivity index (χ3n) is 4.79. The van der Waals surface area contributed by atoms with Gasteiger partial charge in [-0.25, -0.2) is 14.6 Å². The number of nitrogens with one attached hydrogen (secondary N) is 2. The first-order chi connectivity index (χ1) is 11.3. The van der Waals surface area contributed by atoms with E-state index >= 15 is 0 Å². The summed E-state index contributed by atoms with van der Waals surface area (Å²) in [5.74, 6) is 1.16. The van der Waals surface area contributed by atoms with E-state index < -0.39 is 0 Å². The van der Waals surface area contributed by atoms with Crippen LogP contribution in [0.3, 0.4) is 0 Å². The van der Waals surface area contributed by atoms with Crippen molar-refractivity contribution in [2.45, 2.75) is 44.2 Å². The molecule has 3 heterocycles. The van der Waals surface area contributed by atoms with Gasteiger partial charge in [0.05, 0.1) is 24.1 Å². The van der Waals surface area contributed by atoms with Crippen LogP contribution in [-0.2, 0) is 4.79 Å². The van der Waals surface area contributed by atoms with Crippen molar-refractivity contribution in [1.82, 2.24) is 25.1 Å². The number of anilines is 1. The first kappa shape index (κ1) is 16.9. The minimum atomic E-state index is -0.0978. The molecule has 1 saturated carbocycles. The molecular weight excluding hydrogens is 328 g/mol. The zero-order valence-electron chi connectivity index (χ0n) is 13.3. The van der Waals surface area contributed by atoms with Crippen LogP contribution < -0.4 is 10.6 Å². The van der Waals surface area contributed by atoms with Gasteiger partial charge in [-0.15, -0.1) is 12.4 Å². The number of halogens is 1. The summed E-state index contributed by atoms with van der Waals surface area (Å²) >= 11 is 0. The molecule has 7 nitrogen and oxygen atoms in total. The van der Waals surface area contributed by atoms with Gasteiger partial charge >= 0.3 is 0 Å². The summed E-state index contributed by atoms with van der Waals surface area (Å²) in [7, 11) is 0. The monoisotopic (exact) mass is 348 g/mol. The fourth-order valence-electron chi connectivity index (χ4n) is 3.66. The van der Waals surface area contributed by atoms with Crippen molar-refractivity contribution < 1.29 is 4.79 Å². The summed E-state index contributed by atoms with van der Waals surface area (Å²) in [5.41, 5.74) is 0.666. The molecule has 0 spiro atoms. The van der Waals surface area contributed by atoms with Crippen LogP contribution in [0.2, 0.25) is 0 Å². The molecule has 0 aromatic carbocycles. The number of hydrogen-bond donors (Lipinski definition) is 2. The highest BCUT2D eigenvalue weighted by Gasteiger charge is 2.38. The molecule has 0 radical (unpaired) electrons. The van der Waals surface area contributed by atoms with Crippen LogP contribution in [0, 0.1) is 5.92 Å². The molecule has 3 unspecified atom stereocenters. The lowest BCUT2D eigenvalue weighted by molar-refractivity contribution is -0.117. The van der Waals surface area contributed by atoms with E-state index in [2.05, 4.69) is 25.7 Å². The van der Waals surface area contributed by atoms with Crippen molar-refractivity contribution >= 4 is 24.0 Å². The van der Waals surface area contributed by atoms with Crippen molar-refractivity contribution in [3.8, 4) is 5.95 Å². The Labute approximate surface area is 146 Å². The number of carbonyl (C=O) groups is 1. The predicted octanol–water partition coefficient (Wildman–Crippen LogP) is 1.94. The SMILES string of the molecule is Cl.O=C(Nc1cnn(-c2ncccn2)c1)C1CC2CCCCC2N1. The maximum absolute atomic E-state index is 12.5. The van der Waals surface area contributed by atoms with E-state index in [1.807, 2.05) is 0 Å². The summed E-state index contributed by atoms with van der Waals surface area (Å²) in [5, 5.41) is 10.6. The molecule has 2 N–H and O–H groups in total. The number of nitrogens with zero attached hydrogens (tertiary/aromatic N) is 4. The van der Waals surface area contributed by atoms with Gasteiger partial charge in [-0.1, -0.05) is 12.8 Å². The number of rotatable bonds is 3. The van der Waals surface area contributed by atoms with E-state index in [1.165, 1.54) is 25.7 Å². The summed E-state index contributed by atoms with van der Waals surface area (Å²) in [6.45, 7) is 0. The second-order valence-corrected chi connectivity index (χ2v) is 6.32. The van der Waals surface area contributed by atoms with E-state index in [0.717, 1.165) is 6.42 Å². The van der Waals surface area contributed by atoms with Crippen molar-refractivity contribution in [3.63, 3.8) is 0 Å². The zero-order valence-corrected chi connectivity index (χ0v) is 14.1. The largest absolute Gasteiger partial charge is 0.322 e. The topological polar surface area (TPSA) is 84.7 Å². The predicted molar refractivity (Wildman–Crippen MR) is 92.3 cm³/mol. The van der Waals surface area contributed by atoms with E-state index in [4.69, 9.17) is 0 Å². The van der Waals surface area contributed by atoms with E-state index in [-0.39, 0.29) is 24.4 Å². The smallest absolute Gasteiger partial charge is 0.250 e. The number of amides is 1. The lowest BCUT2D eigenvalue weighted by Crippen LogP contribution is -2.39. The van der Waals surface area contributed by atoms with Crippen LogP contribution in [0.5, 0.6) is 0 Å². The van der Waals surface area contributed by atoms with Crippen LogP contribution in [0.25, 0.3) is 5.95 Å². The first-order valence-corrected chi connectivity index (χ1v) is 8.18. The molecule has 1 aliphatic heterocycles. The number of hydrogen-bond acceptors (Lipinski definition) is 5. The molecule has 24 heavy (non-hydrogen) atoms. The minimum absolute atomic E-state index is 0. The molecule has 4 rings (SSSR count). The van der Waals surface area contributed by atoms with Gasteiger partial charge < -0.3 is 10.6 Å². The molecule has 1 saturated heterocycles. The van der Waals surface area contributed by atoms with Crippen LogP contribution >= 0.6 is 12.4 Å². The molecule has 0 bridgehead atoms. The molecule has 1 amide bonds. The fraction of sp³-hybridized carbons (Fsp3) is 0.500. The van der Waals surface area contributed by atoms with Gasteiger partial charge in [0.2, 0.25) is 11.9 Å². The van der Waals surface area contributed by atoms with Gasteiger partial charge in [-0.05, 0) is 31.2 Å². The highest BCUT2D eigenvalue weighted by molar-refractivity contribution is 5.94. The average Bonchev–Trinajstić information content (AvgIpc) is 3.22. The second-order valence-electron chi connectivity index (χ2n) is 6.32. The summed E-state index contributed by atoms with van der Waals surface area (Å²) < 4.78 is 1.55. The lowest BCUT2D eigenvalue weighted by Gasteiger charge is -2.24. The molecule has 8 heteroatoms. The summed E-state index contributed by atoms with van der Waals surface area (Å²) in [4.78, 5) is 20.7. The normalized spacial score (nSPS) is 25.6. The van der Waals surface area contributed by atoms with Crippen LogP contribution in [0.4, 0.5) is 5.69 Å². The Morgan fingerprint density at radius 3 is 2.83 bits per heavy atom. The standard InChI is InChI=1S/C16H20N6O.ClH/c23-15(14-8-11-4-1-2-5-13(11)21-14)20-12-9-19-22(10-12)16-17-6-3-7-18-16;/h3,6-7,9-11,13-14,21H,1-2,4-5,8H2,(H,20,23);1H. The molecular formula is C16H21ClN6O. The highest BCUT2D eigenvalue weighted by atomic mass is 35.5. The van der Waals surface area contributed by atoms with Gasteiger partial charge in [-0.2, -0.15) is 5.10 Å². The Bertz CT molecular complexity index is 677. The van der Waals surface area contributed by atoms with Crippen molar-refractivity contribution in [3.05, 3.63) is 30.9 Å².